The summed E-state index contributed by atoms with van der Waals surface area (Å²) in [4.78, 5) is 5.25. The number of imidazole rings is 1. The molecule has 0 atom stereocenters. The molecular formula is C13H17N7S. The van der Waals surface area contributed by atoms with Crippen molar-refractivity contribution in [1.29, 1.82) is 0 Å². The van der Waals surface area contributed by atoms with Crippen LogP contribution in [0.4, 0.5) is 0 Å². The van der Waals surface area contributed by atoms with Gasteiger partial charge in [-0.2, -0.15) is 9.61 Å². The molecule has 4 rings (SSSR count). The molecule has 21 heavy (non-hydrogen) atoms. The largest absolute Gasteiger partial charge is 0.335 e. The van der Waals surface area contributed by atoms with Crippen LogP contribution in [0.25, 0.3) is 15.7 Å². The van der Waals surface area contributed by atoms with E-state index < -0.39 is 0 Å². The second kappa shape index (κ2) is 5.19. The van der Waals surface area contributed by atoms with Gasteiger partial charge in [-0.15, -0.1) is 10.2 Å². The summed E-state index contributed by atoms with van der Waals surface area (Å²) in [6.07, 6.45) is 8.72. The predicted molar refractivity (Wildman–Crippen MR) is 80.1 cm³/mol. The van der Waals surface area contributed by atoms with Crippen LogP contribution in [-0.2, 0) is 6.54 Å². The van der Waals surface area contributed by atoms with E-state index in [1.54, 1.807) is 6.33 Å². The molecule has 0 aromatic carbocycles. The molecule has 0 radical (unpaired) electrons. The number of nitrogens with zero attached hydrogens (tertiary/aromatic N) is 6. The van der Waals surface area contributed by atoms with Crippen molar-refractivity contribution < 1.29 is 0 Å². The molecule has 0 unspecified atom stereocenters. The van der Waals surface area contributed by atoms with Crippen LogP contribution in [0.1, 0.15) is 37.4 Å². The second-order valence-electron chi connectivity index (χ2n) is 5.43. The number of fused-ring (bicyclic) bond motifs is 1. The van der Waals surface area contributed by atoms with Crippen LogP contribution in [0, 0.1) is 0 Å². The van der Waals surface area contributed by atoms with Crippen molar-refractivity contribution in [2.24, 2.45) is 5.73 Å². The minimum absolute atomic E-state index is 0.504. The van der Waals surface area contributed by atoms with Gasteiger partial charge in [0.1, 0.15) is 5.69 Å². The average molecular weight is 303 g/mol. The topological polar surface area (TPSA) is 86.9 Å². The van der Waals surface area contributed by atoms with Gasteiger partial charge in [0.2, 0.25) is 4.96 Å². The van der Waals surface area contributed by atoms with Crippen LogP contribution in [-0.4, -0.2) is 35.9 Å². The van der Waals surface area contributed by atoms with Crippen LogP contribution in [0.3, 0.4) is 0 Å². The smallest absolute Gasteiger partial charge is 0.235 e. The van der Waals surface area contributed by atoms with Crippen LogP contribution in [0.15, 0.2) is 12.5 Å². The summed E-state index contributed by atoms with van der Waals surface area (Å²) < 4.78 is 3.88. The van der Waals surface area contributed by atoms with E-state index in [9.17, 15) is 0 Å². The quantitative estimate of drug-likeness (QED) is 0.792. The van der Waals surface area contributed by atoms with E-state index in [0.29, 0.717) is 12.5 Å². The molecule has 8 heteroatoms. The lowest BCUT2D eigenvalue weighted by Crippen LogP contribution is -2.07. The maximum absolute atomic E-state index is 5.56. The van der Waals surface area contributed by atoms with E-state index in [-0.39, 0.29) is 0 Å². The molecule has 1 aliphatic rings. The molecule has 2 N–H and O–H groups in total. The van der Waals surface area contributed by atoms with E-state index >= 15 is 0 Å². The third kappa shape index (κ3) is 2.24. The lowest BCUT2D eigenvalue weighted by atomic mass is 10.1. The van der Waals surface area contributed by atoms with Crippen molar-refractivity contribution in [3.63, 3.8) is 0 Å². The van der Waals surface area contributed by atoms with Crippen molar-refractivity contribution in [3.05, 3.63) is 18.3 Å². The Morgan fingerprint density at radius 2 is 2.14 bits per heavy atom. The minimum Gasteiger partial charge on any atom is -0.335 e. The number of hydrogen-bond acceptors (Lipinski definition) is 6. The van der Waals surface area contributed by atoms with Gasteiger partial charge >= 0.3 is 0 Å². The molecule has 3 heterocycles. The van der Waals surface area contributed by atoms with E-state index in [2.05, 4.69) is 20.3 Å². The molecule has 3 aromatic rings. The standard InChI is InChI=1S/C13H17N7S/c14-5-6-19-7-10(15-8-19)12-18-20-11(9-3-1-2-4-9)16-17-13(20)21-12/h7-9H,1-6,14H2. The van der Waals surface area contributed by atoms with Crippen molar-refractivity contribution in [2.45, 2.75) is 38.1 Å². The van der Waals surface area contributed by atoms with Crippen LogP contribution in [0.5, 0.6) is 0 Å². The van der Waals surface area contributed by atoms with Gasteiger partial charge in [-0.1, -0.05) is 24.2 Å². The molecule has 0 bridgehead atoms. The van der Waals surface area contributed by atoms with Gasteiger partial charge in [0, 0.05) is 25.2 Å². The minimum atomic E-state index is 0.504. The first-order valence-electron chi connectivity index (χ1n) is 7.29. The lowest BCUT2D eigenvalue weighted by Gasteiger charge is -2.03. The maximum Gasteiger partial charge on any atom is 0.235 e. The Balaban J connectivity index is 1.69. The Morgan fingerprint density at radius 3 is 2.95 bits per heavy atom. The molecule has 110 valence electrons. The summed E-state index contributed by atoms with van der Waals surface area (Å²) in [5, 5.41) is 14.1. The monoisotopic (exact) mass is 303 g/mol. The highest BCUT2D eigenvalue weighted by Gasteiger charge is 2.24. The molecule has 1 aliphatic carbocycles. The van der Waals surface area contributed by atoms with Crippen LogP contribution in [0.2, 0.25) is 0 Å². The van der Waals surface area contributed by atoms with Crippen LogP contribution < -0.4 is 5.73 Å². The van der Waals surface area contributed by atoms with E-state index in [1.165, 1.54) is 37.0 Å². The first-order chi connectivity index (χ1) is 10.3. The summed E-state index contributed by atoms with van der Waals surface area (Å²) in [6.45, 7) is 1.37. The third-order valence-electron chi connectivity index (χ3n) is 3.97. The first kappa shape index (κ1) is 12.9. The summed E-state index contributed by atoms with van der Waals surface area (Å²) in [7, 11) is 0. The SMILES string of the molecule is NCCn1cnc(-c2nn3c(C4CCCC4)nnc3s2)c1. The van der Waals surface area contributed by atoms with Crippen molar-refractivity contribution >= 4 is 16.3 Å². The van der Waals surface area contributed by atoms with Gasteiger partial charge in [-0.3, -0.25) is 0 Å². The zero-order valence-corrected chi connectivity index (χ0v) is 12.5. The number of nitrogens with two attached hydrogens (primary N) is 1. The zero-order valence-electron chi connectivity index (χ0n) is 11.6. The van der Waals surface area contributed by atoms with Gasteiger partial charge in [-0.05, 0) is 12.8 Å². The molecular weight excluding hydrogens is 286 g/mol. The second-order valence-corrected chi connectivity index (χ2v) is 6.38. The maximum atomic E-state index is 5.56. The van der Waals surface area contributed by atoms with Gasteiger partial charge in [0.05, 0.1) is 6.33 Å². The molecule has 0 aliphatic heterocycles. The average Bonchev–Trinajstić information content (AvgIpc) is 3.22. The molecule has 0 saturated heterocycles. The van der Waals surface area contributed by atoms with Crippen molar-refractivity contribution in [1.82, 2.24) is 29.4 Å². The highest BCUT2D eigenvalue weighted by Crippen LogP contribution is 2.34. The Hall–Kier alpha value is -1.80. The Kier molecular flexibility index (Phi) is 3.19. The van der Waals surface area contributed by atoms with E-state index in [1.807, 2.05) is 15.3 Å². The molecule has 1 fully saturated rings. The third-order valence-corrected chi connectivity index (χ3v) is 4.90. The summed E-state index contributed by atoms with van der Waals surface area (Å²) in [5.74, 6) is 1.51. The first-order valence-corrected chi connectivity index (χ1v) is 8.11. The molecule has 0 amide bonds. The fraction of sp³-hybridized carbons (Fsp3) is 0.538. The molecule has 3 aromatic heterocycles. The highest BCUT2D eigenvalue weighted by atomic mass is 32.1. The van der Waals surface area contributed by atoms with Crippen molar-refractivity contribution in [3.8, 4) is 10.7 Å². The summed E-state index contributed by atoms with van der Waals surface area (Å²) in [5.41, 5.74) is 6.43. The lowest BCUT2D eigenvalue weighted by molar-refractivity contribution is 0.641. The number of hydrogen-bond donors (Lipinski definition) is 1. The predicted octanol–water partition coefficient (Wildman–Crippen LogP) is 1.67. The molecule has 1 saturated carbocycles. The Labute approximate surface area is 125 Å². The summed E-state index contributed by atoms with van der Waals surface area (Å²) in [6, 6.07) is 0. The Bertz CT molecular complexity index is 750. The van der Waals surface area contributed by atoms with Crippen molar-refractivity contribution in [2.75, 3.05) is 6.54 Å². The number of aromatic nitrogens is 6. The highest BCUT2D eigenvalue weighted by molar-refractivity contribution is 7.19. The van der Waals surface area contributed by atoms with E-state index in [0.717, 1.165) is 28.0 Å². The normalized spacial score (nSPS) is 16.2. The Morgan fingerprint density at radius 1 is 1.29 bits per heavy atom. The molecule has 0 spiro atoms. The molecule has 7 nitrogen and oxygen atoms in total. The van der Waals surface area contributed by atoms with Gasteiger partial charge in [0.15, 0.2) is 10.8 Å². The van der Waals surface area contributed by atoms with E-state index in [4.69, 9.17) is 5.73 Å². The van der Waals surface area contributed by atoms with Crippen LogP contribution >= 0.6 is 11.3 Å². The van der Waals surface area contributed by atoms with Gasteiger partial charge < -0.3 is 10.3 Å². The fourth-order valence-corrected chi connectivity index (χ4v) is 3.72. The van der Waals surface area contributed by atoms with Gasteiger partial charge in [-0.25, -0.2) is 4.98 Å². The fourth-order valence-electron chi connectivity index (χ4n) is 2.92. The van der Waals surface area contributed by atoms with Gasteiger partial charge in [0.25, 0.3) is 0 Å². The number of rotatable bonds is 4. The summed E-state index contributed by atoms with van der Waals surface area (Å²) >= 11 is 1.53. The zero-order chi connectivity index (χ0) is 14.2.